The highest BCUT2D eigenvalue weighted by Gasteiger charge is 2.30. The van der Waals surface area contributed by atoms with Gasteiger partial charge in [-0.15, -0.1) is 23.4 Å². The average Bonchev–Trinajstić information content (AvgIpc) is 2.48. The Balaban J connectivity index is 1.83. The molecule has 1 heterocycles. The number of hydrogen-bond donors (Lipinski definition) is 1. The van der Waals surface area contributed by atoms with Gasteiger partial charge in [-0.2, -0.15) is 0 Å². The maximum atomic E-state index is 12.1. The minimum absolute atomic E-state index is 0.288. The third kappa shape index (κ3) is 3.22. The summed E-state index contributed by atoms with van der Waals surface area (Å²) in [5.74, 6) is 0.179. The summed E-state index contributed by atoms with van der Waals surface area (Å²) in [6, 6.07) is 12.6. The van der Waals surface area contributed by atoms with Crippen molar-refractivity contribution >= 4 is 22.4 Å². The molecular weight excluding hydrogens is 297 g/mol. The Hall–Kier alpha value is -2.90. The highest BCUT2D eigenvalue weighted by Crippen LogP contribution is 2.26. The fourth-order valence-electron chi connectivity index (χ4n) is 1.90. The van der Waals surface area contributed by atoms with Crippen LogP contribution < -0.4 is 10.1 Å². The first-order valence-electron chi connectivity index (χ1n) is 6.22. The van der Waals surface area contributed by atoms with Crippen LogP contribution >= 0.6 is 0 Å². The summed E-state index contributed by atoms with van der Waals surface area (Å²) in [6.07, 6.45) is -4.71. The number of aromatic nitrogens is 3. The van der Waals surface area contributed by atoms with Gasteiger partial charge < -0.3 is 10.1 Å². The second-order valence-corrected chi connectivity index (χ2v) is 4.35. The number of nitrogens with zero attached hydrogens (tertiary/aromatic N) is 3. The lowest BCUT2D eigenvalue weighted by Gasteiger charge is -2.10. The number of alkyl halides is 3. The van der Waals surface area contributed by atoms with Gasteiger partial charge in [0.2, 0.25) is 0 Å². The Labute approximate surface area is 122 Å². The molecule has 5 nitrogen and oxygen atoms in total. The van der Waals surface area contributed by atoms with Gasteiger partial charge in [-0.05, 0) is 41.6 Å². The average molecular weight is 306 g/mol. The maximum Gasteiger partial charge on any atom is 0.573 e. The van der Waals surface area contributed by atoms with Crippen molar-refractivity contribution in [3.05, 3.63) is 48.5 Å². The molecule has 22 heavy (non-hydrogen) atoms. The SMILES string of the molecule is FC(F)(F)Oc1ccc(Nc2nnnc3ccccc23)cc1. The lowest BCUT2D eigenvalue weighted by Crippen LogP contribution is -2.16. The monoisotopic (exact) mass is 306 g/mol. The largest absolute Gasteiger partial charge is 0.573 e. The number of anilines is 2. The van der Waals surface area contributed by atoms with E-state index in [9.17, 15) is 13.2 Å². The van der Waals surface area contributed by atoms with Gasteiger partial charge in [0.05, 0.1) is 5.52 Å². The highest BCUT2D eigenvalue weighted by atomic mass is 19.4. The zero-order valence-corrected chi connectivity index (χ0v) is 11.0. The van der Waals surface area contributed by atoms with Crippen molar-refractivity contribution in [3.63, 3.8) is 0 Å². The standard InChI is InChI=1S/C14H9F3N4O/c15-14(16,17)22-10-7-5-9(6-8-10)18-13-11-3-1-2-4-12(11)19-21-20-13/h1-8H,(H,18,19,20). The number of halogens is 3. The van der Waals surface area contributed by atoms with Gasteiger partial charge in [-0.1, -0.05) is 12.1 Å². The molecule has 0 amide bonds. The zero-order valence-electron chi connectivity index (χ0n) is 11.0. The Morgan fingerprint density at radius 1 is 0.909 bits per heavy atom. The van der Waals surface area contributed by atoms with Crippen LogP contribution in [0.4, 0.5) is 24.7 Å². The van der Waals surface area contributed by atoms with Crippen molar-refractivity contribution in [2.75, 3.05) is 5.32 Å². The van der Waals surface area contributed by atoms with Crippen LogP contribution in [0.5, 0.6) is 5.75 Å². The Kier molecular flexibility index (Phi) is 3.50. The number of rotatable bonds is 3. The second-order valence-electron chi connectivity index (χ2n) is 4.35. The van der Waals surface area contributed by atoms with Gasteiger partial charge in [0.1, 0.15) is 5.75 Å². The van der Waals surface area contributed by atoms with Crippen molar-refractivity contribution in [1.82, 2.24) is 15.4 Å². The van der Waals surface area contributed by atoms with Gasteiger partial charge in [0.25, 0.3) is 0 Å². The summed E-state index contributed by atoms with van der Waals surface area (Å²) in [7, 11) is 0. The number of ether oxygens (including phenoxy) is 1. The van der Waals surface area contributed by atoms with Crippen molar-refractivity contribution in [2.24, 2.45) is 0 Å². The Bertz CT molecular complexity index is 785. The molecule has 1 N–H and O–H groups in total. The van der Waals surface area contributed by atoms with Crippen molar-refractivity contribution in [3.8, 4) is 5.75 Å². The molecule has 0 bridgehead atoms. The molecule has 1 aromatic heterocycles. The third-order valence-corrected chi connectivity index (χ3v) is 2.81. The van der Waals surface area contributed by atoms with Gasteiger partial charge in [0.15, 0.2) is 5.82 Å². The quantitative estimate of drug-likeness (QED) is 0.800. The zero-order chi connectivity index (χ0) is 15.6. The lowest BCUT2D eigenvalue weighted by molar-refractivity contribution is -0.274. The number of fused-ring (bicyclic) bond motifs is 1. The minimum atomic E-state index is -4.71. The topological polar surface area (TPSA) is 59.9 Å². The van der Waals surface area contributed by atoms with E-state index >= 15 is 0 Å². The van der Waals surface area contributed by atoms with Crippen LogP contribution in [0.25, 0.3) is 10.9 Å². The predicted molar refractivity (Wildman–Crippen MR) is 73.7 cm³/mol. The van der Waals surface area contributed by atoms with Crippen molar-refractivity contribution < 1.29 is 17.9 Å². The van der Waals surface area contributed by atoms with E-state index in [4.69, 9.17) is 0 Å². The van der Waals surface area contributed by atoms with E-state index in [0.29, 0.717) is 17.0 Å². The van der Waals surface area contributed by atoms with E-state index in [1.807, 2.05) is 18.2 Å². The predicted octanol–water partition coefficient (Wildman–Crippen LogP) is 3.67. The molecule has 0 atom stereocenters. The van der Waals surface area contributed by atoms with Crippen molar-refractivity contribution in [1.29, 1.82) is 0 Å². The third-order valence-electron chi connectivity index (χ3n) is 2.81. The first-order valence-corrected chi connectivity index (χ1v) is 6.22. The summed E-state index contributed by atoms with van der Waals surface area (Å²) < 4.78 is 40.1. The van der Waals surface area contributed by atoms with Crippen LogP contribution in [-0.2, 0) is 0 Å². The molecule has 0 unspecified atom stereocenters. The molecule has 0 spiro atoms. The molecule has 0 saturated heterocycles. The number of hydrogen-bond acceptors (Lipinski definition) is 5. The smallest absolute Gasteiger partial charge is 0.406 e. The molecule has 0 aliphatic rings. The molecule has 112 valence electrons. The fraction of sp³-hybridized carbons (Fsp3) is 0.0714. The van der Waals surface area contributed by atoms with E-state index in [1.165, 1.54) is 24.3 Å². The van der Waals surface area contributed by atoms with Crippen LogP contribution in [0.15, 0.2) is 48.5 Å². The summed E-state index contributed by atoms with van der Waals surface area (Å²) in [6.45, 7) is 0. The summed E-state index contributed by atoms with van der Waals surface area (Å²) in [5.41, 5.74) is 1.22. The highest BCUT2D eigenvalue weighted by molar-refractivity contribution is 5.89. The van der Waals surface area contributed by atoms with Crippen LogP contribution in [0.3, 0.4) is 0 Å². The normalized spacial score (nSPS) is 11.4. The molecule has 8 heteroatoms. The second kappa shape index (κ2) is 5.47. The number of benzene rings is 2. The molecule has 3 aromatic rings. The first-order chi connectivity index (χ1) is 10.5. The number of nitrogens with one attached hydrogen (secondary N) is 1. The van der Waals surface area contributed by atoms with Gasteiger partial charge in [-0.25, -0.2) is 0 Å². The van der Waals surface area contributed by atoms with E-state index < -0.39 is 6.36 Å². The molecule has 0 saturated carbocycles. The summed E-state index contributed by atoms with van der Waals surface area (Å²) in [4.78, 5) is 0. The summed E-state index contributed by atoms with van der Waals surface area (Å²) in [5, 5.41) is 15.2. The van der Waals surface area contributed by atoms with Gasteiger partial charge >= 0.3 is 6.36 Å². The maximum absolute atomic E-state index is 12.1. The minimum Gasteiger partial charge on any atom is -0.406 e. The molecule has 0 aliphatic carbocycles. The Morgan fingerprint density at radius 3 is 2.36 bits per heavy atom. The van der Waals surface area contributed by atoms with E-state index in [0.717, 1.165) is 5.39 Å². The van der Waals surface area contributed by atoms with Gasteiger partial charge in [-0.3, -0.25) is 0 Å². The molecular formula is C14H9F3N4O. The van der Waals surface area contributed by atoms with Crippen LogP contribution in [-0.4, -0.2) is 21.8 Å². The molecule has 2 aromatic carbocycles. The molecule has 3 rings (SSSR count). The lowest BCUT2D eigenvalue weighted by atomic mass is 10.2. The van der Waals surface area contributed by atoms with Crippen molar-refractivity contribution in [2.45, 2.75) is 6.36 Å². The van der Waals surface area contributed by atoms with Crippen LogP contribution in [0.1, 0.15) is 0 Å². The Morgan fingerprint density at radius 2 is 1.64 bits per heavy atom. The summed E-state index contributed by atoms with van der Waals surface area (Å²) >= 11 is 0. The molecule has 0 radical (unpaired) electrons. The molecule has 0 aliphatic heterocycles. The van der Waals surface area contributed by atoms with E-state index in [2.05, 4.69) is 25.5 Å². The van der Waals surface area contributed by atoms with Gasteiger partial charge in [0, 0.05) is 11.1 Å². The van der Waals surface area contributed by atoms with Crippen LogP contribution in [0.2, 0.25) is 0 Å². The van der Waals surface area contributed by atoms with E-state index in [1.54, 1.807) is 6.07 Å². The van der Waals surface area contributed by atoms with E-state index in [-0.39, 0.29) is 5.75 Å². The molecule has 0 fully saturated rings. The van der Waals surface area contributed by atoms with Crippen LogP contribution in [0, 0.1) is 0 Å². The first kappa shape index (κ1) is 14.1. The fourth-order valence-corrected chi connectivity index (χ4v) is 1.90.